The van der Waals surface area contributed by atoms with Crippen molar-refractivity contribution in [2.75, 3.05) is 35.2 Å². The van der Waals surface area contributed by atoms with Crippen LogP contribution in [0.2, 0.25) is 10.6 Å². The van der Waals surface area contributed by atoms with Crippen LogP contribution in [0.3, 0.4) is 0 Å². The molecule has 0 bridgehead atoms. The lowest BCUT2D eigenvalue weighted by molar-refractivity contribution is -0.128. The van der Waals surface area contributed by atoms with Gasteiger partial charge in [-0.25, -0.2) is 29.9 Å². The average molecular weight is 1130 g/mol. The normalized spacial score (nSPS) is 12.5. The first-order chi connectivity index (χ1) is 37.2. The maximum Gasteiger partial charge on any atom is 0.488 e. The molecule has 7 aromatic carbocycles. The van der Waals surface area contributed by atoms with Crippen LogP contribution in [-0.2, 0) is 9.59 Å². The number of amides is 2. The van der Waals surface area contributed by atoms with Crippen LogP contribution in [0.5, 0.6) is 5.75 Å². The topological polar surface area (TPSA) is 241 Å². The fraction of sp³-hybridized carbons (Fsp3) is 0.0877. The van der Waals surface area contributed by atoms with Crippen LogP contribution in [0.4, 0.5) is 28.7 Å². The number of halogens is 3. The number of nitrogens with zero attached hydrogens (tertiary/aromatic N) is 7. The molecular weight excluding hydrogens is 1080 g/mol. The van der Waals surface area contributed by atoms with Crippen LogP contribution >= 0.6 is 39.1 Å². The summed E-state index contributed by atoms with van der Waals surface area (Å²) in [5.41, 5.74) is 20.7. The minimum atomic E-state index is -1.43. The van der Waals surface area contributed by atoms with Crippen LogP contribution in [0.15, 0.2) is 187 Å². The summed E-state index contributed by atoms with van der Waals surface area (Å²) >= 11 is 14.9. The van der Waals surface area contributed by atoms with E-state index < -0.39 is 7.12 Å². The molecule has 0 spiro atoms. The molecule has 0 unspecified atom stereocenters. The van der Waals surface area contributed by atoms with Gasteiger partial charge in [0.2, 0.25) is 28.3 Å². The van der Waals surface area contributed by atoms with Crippen LogP contribution in [-0.4, -0.2) is 83.0 Å². The number of carbonyl (C=O) groups excluding carboxylic acids is 2. The van der Waals surface area contributed by atoms with E-state index >= 15 is 0 Å². The fourth-order valence-corrected chi connectivity index (χ4v) is 8.78. The third-order valence-electron chi connectivity index (χ3n) is 11.8. The minimum Gasteiger partial charge on any atom is -0.489 e. The lowest BCUT2D eigenvalue weighted by atomic mass is 9.80. The van der Waals surface area contributed by atoms with Gasteiger partial charge in [0.05, 0.1) is 23.1 Å². The molecule has 8 N–H and O–H groups in total. The molecule has 4 heterocycles. The number of carbonyl (C=O) groups is 2. The summed E-state index contributed by atoms with van der Waals surface area (Å²) in [6.07, 6.45) is 7.29. The smallest absolute Gasteiger partial charge is 0.488 e. The Bertz CT molecular complexity index is 3730. The number of likely N-dealkylation sites (tertiary alicyclic amines) is 1. The highest BCUT2D eigenvalue weighted by Gasteiger charge is 2.25. The fourth-order valence-electron chi connectivity index (χ4n) is 8.05. The third kappa shape index (κ3) is 14.9. The van der Waals surface area contributed by atoms with Crippen molar-refractivity contribution in [3.63, 3.8) is 0 Å². The van der Waals surface area contributed by atoms with Gasteiger partial charge in [-0.05, 0) is 129 Å². The van der Waals surface area contributed by atoms with Crippen LogP contribution in [0, 0.1) is 0 Å². The SMILES string of the molecule is C=CC(=O)Nc1cccc(-c2cccc3cnc(Nc4ccc(O[C@H]5CCN(C(C)=O)C5)cc4)nc23)c1.Clc1ncc2cccc(Br)c2n1.Nc1cccc(-c2cccc3cnc(Cl)nc23)c1.Nc1cccc(B(O)O)c1. The molecule has 3 aromatic heterocycles. The number of anilines is 5. The lowest BCUT2D eigenvalue weighted by Gasteiger charge is -2.16. The quantitative estimate of drug-likeness (QED) is 0.0341. The number of rotatable bonds is 9. The number of hydrogen-bond donors (Lipinski definition) is 6. The Labute approximate surface area is 462 Å². The molecule has 2 amide bonds. The van der Waals surface area contributed by atoms with E-state index in [0.29, 0.717) is 29.3 Å². The molecule has 77 heavy (non-hydrogen) atoms. The number of nitrogens with one attached hydrogen (secondary N) is 2. The summed E-state index contributed by atoms with van der Waals surface area (Å²) in [5.74, 6) is 1.04. The molecule has 1 saturated heterocycles. The van der Waals surface area contributed by atoms with Crippen molar-refractivity contribution in [3.05, 3.63) is 198 Å². The first-order valence-corrected chi connectivity index (χ1v) is 25.4. The van der Waals surface area contributed by atoms with Gasteiger partial charge in [-0.3, -0.25) is 9.59 Å². The molecule has 1 fully saturated rings. The highest BCUT2D eigenvalue weighted by molar-refractivity contribution is 9.10. The van der Waals surface area contributed by atoms with Crippen molar-refractivity contribution in [3.8, 4) is 28.0 Å². The van der Waals surface area contributed by atoms with Gasteiger partial charge in [-0.2, -0.15) is 0 Å². The zero-order valence-electron chi connectivity index (χ0n) is 41.3. The standard InChI is InChI=1S/C29H27N5O3.C14H10ClN3.C8H4BrClN2.C6H8BNO2/c1-3-27(36)31-23-8-4-6-20(16-23)26-9-5-7-21-17-30-29(33-28(21)26)32-22-10-12-24(13-11-22)37-25-14-15-34(18-25)19(2)35;15-14-17-8-10-4-2-6-12(13(10)18-14)9-3-1-5-11(16)7-9;9-6-3-1-2-5-4-11-8(10)12-7(5)6;8-6-3-1-2-5(4-6)7(9)10/h3-13,16-17,25H,1,14-15,18H2,2H3,(H,31,36)(H,30,32,33);1-8H,16H2;1-4H;1-4,9-10H,8H2/t25-;;;/m0.../s1. The lowest BCUT2D eigenvalue weighted by Crippen LogP contribution is -2.29. The Morgan fingerprint density at radius 1 is 0.701 bits per heavy atom. The van der Waals surface area contributed by atoms with E-state index in [2.05, 4.69) is 58.1 Å². The molecule has 0 radical (unpaired) electrons. The van der Waals surface area contributed by atoms with Gasteiger partial charge < -0.3 is 41.8 Å². The van der Waals surface area contributed by atoms with Gasteiger partial charge in [0.25, 0.3) is 0 Å². The van der Waals surface area contributed by atoms with E-state index in [1.807, 2.05) is 127 Å². The van der Waals surface area contributed by atoms with Crippen LogP contribution < -0.4 is 32.3 Å². The number of nitrogens with two attached hydrogens (primary N) is 2. The van der Waals surface area contributed by atoms with Crippen molar-refractivity contribution in [2.24, 2.45) is 0 Å². The Kier molecular flexibility index (Phi) is 18.4. The second kappa shape index (κ2) is 25.8. The number of ether oxygens (including phenoxy) is 1. The summed E-state index contributed by atoms with van der Waals surface area (Å²) in [7, 11) is -1.43. The van der Waals surface area contributed by atoms with E-state index in [1.54, 1.807) is 48.6 Å². The van der Waals surface area contributed by atoms with Gasteiger partial charge in [-0.15, -0.1) is 0 Å². The molecule has 20 heteroatoms. The number of nitrogen functional groups attached to an aromatic ring is 2. The second-order valence-corrected chi connectivity index (χ2v) is 18.8. The number of aromatic nitrogens is 6. The molecule has 386 valence electrons. The number of para-hydroxylation sites is 3. The van der Waals surface area contributed by atoms with Crippen molar-refractivity contribution in [2.45, 2.75) is 19.4 Å². The zero-order chi connectivity index (χ0) is 54.4. The van der Waals surface area contributed by atoms with Gasteiger partial charge in [0, 0.05) is 93.0 Å². The predicted octanol–water partition coefficient (Wildman–Crippen LogP) is 10.7. The molecule has 0 aliphatic carbocycles. The largest absolute Gasteiger partial charge is 0.489 e. The average Bonchev–Trinajstić information content (AvgIpc) is 3.92. The molecule has 0 saturated carbocycles. The Morgan fingerprint density at radius 3 is 1.86 bits per heavy atom. The molecule has 11 rings (SSSR count). The van der Waals surface area contributed by atoms with Gasteiger partial charge in [0.15, 0.2) is 0 Å². The molecule has 16 nitrogen and oxygen atoms in total. The maximum atomic E-state index is 11.7. The highest BCUT2D eigenvalue weighted by atomic mass is 79.9. The first-order valence-electron chi connectivity index (χ1n) is 23.8. The molecule has 1 atom stereocenters. The second-order valence-electron chi connectivity index (χ2n) is 17.2. The Morgan fingerprint density at radius 2 is 1.26 bits per heavy atom. The molecular formula is C57H49BBrCl2N11O5. The minimum absolute atomic E-state index is 0.00791. The predicted molar refractivity (Wildman–Crippen MR) is 312 cm³/mol. The van der Waals surface area contributed by atoms with Gasteiger partial charge in [0.1, 0.15) is 11.9 Å². The molecule has 1 aliphatic rings. The van der Waals surface area contributed by atoms with Gasteiger partial charge in [-0.1, -0.05) is 91.5 Å². The van der Waals surface area contributed by atoms with E-state index in [1.165, 1.54) is 12.1 Å². The highest BCUT2D eigenvalue weighted by Crippen LogP contribution is 2.32. The number of fused-ring (bicyclic) bond motifs is 3. The van der Waals surface area contributed by atoms with Crippen molar-refractivity contribution in [1.29, 1.82) is 0 Å². The Hall–Kier alpha value is -8.52. The maximum absolute atomic E-state index is 11.7. The van der Waals surface area contributed by atoms with E-state index in [-0.39, 0.29) is 28.5 Å². The van der Waals surface area contributed by atoms with Crippen LogP contribution in [0.1, 0.15) is 13.3 Å². The Balaban J connectivity index is 0.000000160. The summed E-state index contributed by atoms with van der Waals surface area (Å²) in [6, 6.07) is 47.1. The summed E-state index contributed by atoms with van der Waals surface area (Å²) < 4.78 is 6.97. The van der Waals surface area contributed by atoms with Crippen LogP contribution in [0.25, 0.3) is 55.0 Å². The summed E-state index contributed by atoms with van der Waals surface area (Å²) in [5, 5.41) is 26.7. The molecule has 10 aromatic rings. The van der Waals surface area contributed by atoms with Crippen molar-refractivity contribution >= 4 is 125 Å². The zero-order valence-corrected chi connectivity index (χ0v) is 44.4. The first kappa shape index (κ1) is 54.7. The number of benzene rings is 7. The van der Waals surface area contributed by atoms with E-state index in [4.69, 9.17) is 54.4 Å². The van der Waals surface area contributed by atoms with Gasteiger partial charge >= 0.3 is 7.12 Å². The summed E-state index contributed by atoms with van der Waals surface area (Å²) in [4.78, 5) is 50.6. The summed E-state index contributed by atoms with van der Waals surface area (Å²) in [6.45, 7) is 6.44. The third-order valence-corrected chi connectivity index (χ3v) is 12.8. The monoisotopic (exact) mass is 1130 g/mol. The molecule has 1 aliphatic heterocycles. The number of hydrogen-bond acceptors (Lipinski definition) is 14. The van der Waals surface area contributed by atoms with E-state index in [9.17, 15) is 9.59 Å². The van der Waals surface area contributed by atoms with Crippen molar-refractivity contribution < 1.29 is 24.4 Å². The van der Waals surface area contributed by atoms with E-state index in [0.717, 1.165) is 89.5 Å². The van der Waals surface area contributed by atoms with Crippen molar-refractivity contribution in [1.82, 2.24) is 34.8 Å².